The number of hydrogen-bond acceptors (Lipinski definition) is 3. The van der Waals surface area contributed by atoms with Crippen LogP contribution in [0.25, 0.3) is 10.9 Å². The van der Waals surface area contributed by atoms with E-state index in [9.17, 15) is 4.79 Å². The SMILES string of the molecule is Cn1ncc2cc(NC(=O)NC[C@@H]3CCCO3)ccc21. The second kappa shape index (κ2) is 5.50. The first kappa shape index (κ1) is 12.9. The summed E-state index contributed by atoms with van der Waals surface area (Å²) in [7, 11) is 1.89. The number of fused-ring (bicyclic) bond motifs is 1. The quantitative estimate of drug-likeness (QED) is 0.898. The molecule has 1 aromatic heterocycles. The van der Waals surface area contributed by atoms with Crippen LogP contribution in [-0.4, -0.2) is 35.1 Å². The Kier molecular flexibility index (Phi) is 3.56. The summed E-state index contributed by atoms with van der Waals surface area (Å²) in [6.07, 6.45) is 4.03. The molecule has 6 heteroatoms. The molecule has 20 heavy (non-hydrogen) atoms. The molecule has 6 nitrogen and oxygen atoms in total. The van der Waals surface area contributed by atoms with Gasteiger partial charge in [0.25, 0.3) is 0 Å². The number of carbonyl (C=O) groups is 1. The van der Waals surface area contributed by atoms with Gasteiger partial charge in [0.1, 0.15) is 0 Å². The number of ether oxygens (including phenoxy) is 1. The van der Waals surface area contributed by atoms with Gasteiger partial charge in [-0.2, -0.15) is 5.10 Å². The van der Waals surface area contributed by atoms with Crippen molar-refractivity contribution in [3.63, 3.8) is 0 Å². The highest BCUT2D eigenvalue weighted by molar-refractivity contribution is 5.92. The molecular weight excluding hydrogens is 256 g/mol. The molecular formula is C14H18N4O2. The van der Waals surface area contributed by atoms with Gasteiger partial charge in [0.15, 0.2) is 0 Å². The Morgan fingerprint density at radius 3 is 3.25 bits per heavy atom. The van der Waals surface area contributed by atoms with Crippen LogP contribution in [0.4, 0.5) is 10.5 Å². The van der Waals surface area contributed by atoms with E-state index in [4.69, 9.17) is 4.74 Å². The van der Waals surface area contributed by atoms with E-state index < -0.39 is 0 Å². The van der Waals surface area contributed by atoms with E-state index in [1.54, 1.807) is 10.9 Å². The lowest BCUT2D eigenvalue weighted by atomic mass is 10.2. The number of amides is 2. The number of aryl methyl sites for hydroxylation is 1. The molecule has 0 bridgehead atoms. The summed E-state index contributed by atoms with van der Waals surface area (Å²) in [4.78, 5) is 11.8. The van der Waals surface area contributed by atoms with Crippen molar-refractivity contribution in [2.24, 2.45) is 7.05 Å². The zero-order chi connectivity index (χ0) is 13.9. The molecule has 1 aliphatic rings. The van der Waals surface area contributed by atoms with Gasteiger partial charge in [0, 0.05) is 31.3 Å². The maximum Gasteiger partial charge on any atom is 0.319 e. The molecule has 0 unspecified atom stereocenters. The van der Waals surface area contributed by atoms with Crippen LogP contribution in [0.1, 0.15) is 12.8 Å². The van der Waals surface area contributed by atoms with Gasteiger partial charge < -0.3 is 15.4 Å². The van der Waals surface area contributed by atoms with Crippen molar-refractivity contribution < 1.29 is 9.53 Å². The molecule has 1 atom stereocenters. The standard InChI is InChI=1S/C14H18N4O2/c1-18-13-5-4-11(7-10(13)8-16-18)17-14(19)15-9-12-3-2-6-20-12/h4-5,7-8,12H,2-3,6,9H2,1H3,(H2,15,17,19)/t12-/m0/s1. The van der Waals surface area contributed by atoms with Gasteiger partial charge in [-0.25, -0.2) is 4.79 Å². The van der Waals surface area contributed by atoms with Crippen molar-refractivity contribution in [1.29, 1.82) is 0 Å². The van der Waals surface area contributed by atoms with Crippen molar-refractivity contribution in [3.8, 4) is 0 Å². The highest BCUT2D eigenvalue weighted by Crippen LogP contribution is 2.18. The molecule has 1 aromatic carbocycles. The maximum absolute atomic E-state index is 11.8. The molecule has 2 aromatic rings. The van der Waals surface area contributed by atoms with E-state index >= 15 is 0 Å². The van der Waals surface area contributed by atoms with Gasteiger partial charge in [-0.1, -0.05) is 0 Å². The van der Waals surface area contributed by atoms with Crippen LogP contribution in [0.5, 0.6) is 0 Å². The summed E-state index contributed by atoms with van der Waals surface area (Å²) < 4.78 is 7.26. The number of nitrogens with zero attached hydrogens (tertiary/aromatic N) is 2. The van der Waals surface area contributed by atoms with Gasteiger partial charge in [-0.05, 0) is 31.0 Å². The third-order valence-electron chi connectivity index (χ3n) is 3.52. The fraction of sp³-hybridized carbons (Fsp3) is 0.429. The second-order valence-electron chi connectivity index (χ2n) is 5.01. The van der Waals surface area contributed by atoms with E-state index in [-0.39, 0.29) is 12.1 Å². The lowest BCUT2D eigenvalue weighted by Gasteiger charge is -2.11. The normalized spacial score (nSPS) is 18.4. The Balaban J connectivity index is 1.58. The van der Waals surface area contributed by atoms with E-state index in [2.05, 4.69) is 15.7 Å². The fourth-order valence-electron chi connectivity index (χ4n) is 2.43. The predicted molar refractivity (Wildman–Crippen MR) is 76.7 cm³/mol. The summed E-state index contributed by atoms with van der Waals surface area (Å²) in [5, 5.41) is 10.8. The van der Waals surface area contributed by atoms with Gasteiger partial charge in [-0.3, -0.25) is 4.68 Å². The predicted octanol–water partition coefficient (Wildman–Crippen LogP) is 1.87. The average Bonchev–Trinajstić information content (AvgIpc) is 3.07. The van der Waals surface area contributed by atoms with Crippen molar-refractivity contribution in [3.05, 3.63) is 24.4 Å². The van der Waals surface area contributed by atoms with Crippen LogP contribution >= 0.6 is 0 Å². The Morgan fingerprint density at radius 1 is 1.55 bits per heavy atom. The minimum atomic E-state index is -0.205. The minimum Gasteiger partial charge on any atom is -0.376 e. The van der Waals surface area contributed by atoms with Gasteiger partial charge in [0.05, 0.1) is 17.8 Å². The van der Waals surface area contributed by atoms with Crippen molar-refractivity contribution in [2.75, 3.05) is 18.5 Å². The van der Waals surface area contributed by atoms with Crippen LogP contribution in [-0.2, 0) is 11.8 Å². The molecule has 0 saturated carbocycles. The summed E-state index contributed by atoms with van der Waals surface area (Å²) in [5.41, 5.74) is 1.80. The minimum absolute atomic E-state index is 0.154. The number of anilines is 1. The summed E-state index contributed by atoms with van der Waals surface area (Å²) in [5.74, 6) is 0. The van der Waals surface area contributed by atoms with E-state index in [1.165, 1.54) is 0 Å². The van der Waals surface area contributed by atoms with Crippen LogP contribution in [0.2, 0.25) is 0 Å². The number of benzene rings is 1. The highest BCUT2D eigenvalue weighted by atomic mass is 16.5. The highest BCUT2D eigenvalue weighted by Gasteiger charge is 2.16. The molecule has 3 rings (SSSR count). The number of hydrogen-bond donors (Lipinski definition) is 2. The Bertz CT molecular complexity index is 617. The summed E-state index contributed by atoms with van der Waals surface area (Å²) in [6, 6.07) is 5.52. The molecule has 2 amide bonds. The second-order valence-corrected chi connectivity index (χ2v) is 5.01. The Labute approximate surface area is 117 Å². The summed E-state index contributed by atoms with van der Waals surface area (Å²) in [6.45, 7) is 1.35. The molecule has 106 valence electrons. The van der Waals surface area contributed by atoms with Gasteiger partial charge in [0.2, 0.25) is 0 Å². The van der Waals surface area contributed by atoms with Crippen LogP contribution < -0.4 is 10.6 Å². The van der Waals surface area contributed by atoms with Crippen molar-refractivity contribution in [1.82, 2.24) is 15.1 Å². The number of nitrogens with one attached hydrogen (secondary N) is 2. The maximum atomic E-state index is 11.8. The zero-order valence-corrected chi connectivity index (χ0v) is 11.4. The Hall–Kier alpha value is -2.08. The number of aromatic nitrogens is 2. The topological polar surface area (TPSA) is 68.2 Å². The third-order valence-corrected chi connectivity index (χ3v) is 3.52. The lowest BCUT2D eigenvalue weighted by Crippen LogP contribution is -2.34. The Morgan fingerprint density at radius 2 is 2.45 bits per heavy atom. The smallest absolute Gasteiger partial charge is 0.319 e. The monoisotopic (exact) mass is 274 g/mol. The molecule has 0 spiro atoms. The number of urea groups is 1. The van der Waals surface area contributed by atoms with E-state index in [0.29, 0.717) is 6.54 Å². The molecule has 1 fully saturated rings. The van der Waals surface area contributed by atoms with Crippen LogP contribution in [0, 0.1) is 0 Å². The van der Waals surface area contributed by atoms with Crippen LogP contribution in [0.3, 0.4) is 0 Å². The number of rotatable bonds is 3. The first-order chi connectivity index (χ1) is 9.72. The number of carbonyl (C=O) groups excluding carboxylic acids is 1. The zero-order valence-electron chi connectivity index (χ0n) is 11.4. The lowest BCUT2D eigenvalue weighted by molar-refractivity contribution is 0.112. The average molecular weight is 274 g/mol. The first-order valence-corrected chi connectivity index (χ1v) is 6.80. The summed E-state index contributed by atoms with van der Waals surface area (Å²) >= 11 is 0. The fourth-order valence-corrected chi connectivity index (χ4v) is 2.43. The third kappa shape index (κ3) is 2.75. The first-order valence-electron chi connectivity index (χ1n) is 6.80. The molecule has 2 N–H and O–H groups in total. The molecule has 0 aliphatic carbocycles. The van der Waals surface area contributed by atoms with E-state index in [1.807, 2.05) is 25.2 Å². The largest absolute Gasteiger partial charge is 0.376 e. The van der Waals surface area contributed by atoms with E-state index in [0.717, 1.165) is 36.0 Å². The van der Waals surface area contributed by atoms with Crippen molar-refractivity contribution >= 4 is 22.6 Å². The molecule has 2 heterocycles. The van der Waals surface area contributed by atoms with Gasteiger partial charge >= 0.3 is 6.03 Å². The molecule has 1 saturated heterocycles. The molecule has 0 radical (unpaired) electrons. The molecule has 1 aliphatic heterocycles. The van der Waals surface area contributed by atoms with Crippen molar-refractivity contribution in [2.45, 2.75) is 18.9 Å². The van der Waals surface area contributed by atoms with Gasteiger partial charge in [-0.15, -0.1) is 0 Å². The van der Waals surface area contributed by atoms with Crippen LogP contribution in [0.15, 0.2) is 24.4 Å².